The maximum atomic E-state index is 2.66. The second-order valence-corrected chi connectivity index (χ2v) is 21.9. The standard InChI is InChI=1S/C45H54N2P2/c1-10-32-20-21-39(46(7)40-24-34-15-11-14-33(34)22-31(40)6)44(23-32)49(9,30(4)5)45-28-38-19-13-17-36(38)26-42(45)47(8)41-25-35-16-12-18-37(35)27-43(41)48-29(2)3/h11-14,16,19-30,48-49H,10,15,17-18H2,1-9H3. The first-order chi connectivity index (χ1) is 23.5. The number of fused-ring (bicyclic) bond motifs is 3. The SMILES string of the molecule is CCc1ccc(N(C)c2cc3c(cc2C)C=CC3)c([PH](C)(c2cc3c(cc2N(C)c2cc4c(cc2PC(C)C)CC=C4)CC=C3)C(C)C)c1. The number of hydrogen-bond donors (Lipinski definition) is 0. The number of benzene rings is 4. The van der Waals surface area contributed by atoms with Crippen LogP contribution in [0.4, 0.5) is 22.7 Å². The fourth-order valence-electron chi connectivity index (χ4n) is 8.29. The fraction of sp³-hybridized carbons (Fsp3) is 0.333. The molecule has 4 aromatic carbocycles. The van der Waals surface area contributed by atoms with Gasteiger partial charge in [0.2, 0.25) is 0 Å². The first-order valence-electron chi connectivity index (χ1n) is 18.3. The van der Waals surface area contributed by atoms with Crippen LogP contribution in [0.2, 0.25) is 0 Å². The molecular formula is C45H54N2P2. The summed E-state index contributed by atoms with van der Waals surface area (Å²) < 4.78 is 0. The second-order valence-electron chi connectivity index (χ2n) is 15.3. The van der Waals surface area contributed by atoms with Crippen LogP contribution in [0.5, 0.6) is 0 Å². The van der Waals surface area contributed by atoms with Gasteiger partial charge in [-0.3, -0.25) is 0 Å². The van der Waals surface area contributed by atoms with E-state index in [1.165, 1.54) is 72.6 Å². The van der Waals surface area contributed by atoms with Gasteiger partial charge in [-0.05, 0) is 0 Å². The van der Waals surface area contributed by atoms with Gasteiger partial charge in [-0.25, -0.2) is 0 Å². The number of anilines is 4. The third-order valence-electron chi connectivity index (χ3n) is 11.5. The topological polar surface area (TPSA) is 6.48 Å². The van der Waals surface area contributed by atoms with Gasteiger partial charge in [-0.2, -0.15) is 0 Å². The van der Waals surface area contributed by atoms with Gasteiger partial charge >= 0.3 is 299 Å². The van der Waals surface area contributed by atoms with Crippen LogP contribution in [-0.4, -0.2) is 32.1 Å². The molecule has 2 nitrogen and oxygen atoms in total. The monoisotopic (exact) mass is 684 g/mol. The Balaban J connectivity index is 1.44. The van der Waals surface area contributed by atoms with Crippen molar-refractivity contribution in [1.82, 2.24) is 0 Å². The summed E-state index contributed by atoms with van der Waals surface area (Å²) in [4.78, 5) is 5.07. The molecule has 0 heterocycles. The fourth-order valence-corrected chi connectivity index (χ4v) is 13.6. The number of hydrogen-bond acceptors (Lipinski definition) is 2. The Morgan fingerprint density at radius 2 is 1.20 bits per heavy atom. The quantitative estimate of drug-likeness (QED) is 0.154. The minimum atomic E-state index is -2.40. The number of rotatable bonds is 10. The Kier molecular flexibility index (Phi) is 9.28. The van der Waals surface area contributed by atoms with Gasteiger partial charge < -0.3 is 0 Å². The van der Waals surface area contributed by atoms with Crippen LogP contribution < -0.4 is 25.7 Å². The van der Waals surface area contributed by atoms with E-state index in [0.717, 1.165) is 34.3 Å². The Morgan fingerprint density at radius 3 is 1.82 bits per heavy atom. The summed E-state index contributed by atoms with van der Waals surface area (Å²) in [5, 5.41) is 4.58. The van der Waals surface area contributed by atoms with Crippen LogP contribution in [-0.2, 0) is 25.7 Å². The molecule has 0 spiro atoms. The molecule has 1 unspecified atom stereocenters. The first kappa shape index (κ1) is 34.0. The van der Waals surface area contributed by atoms with Gasteiger partial charge in [0.25, 0.3) is 0 Å². The van der Waals surface area contributed by atoms with Crippen LogP contribution in [0.25, 0.3) is 18.2 Å². The molecule has 3 aliphatic carbocycles. The zero-order valence-electron chi connectivity index (χ0n) is 31.0. The second kappa shape index (κ2) is 13.4. The summed E-state index contributed by atoms with van der Waals surface area (Å²) in [7, 11) is 3.02. The molecule has 0 aromatic heterocycles. The molecule has 4 heteroatoms. The van der Waals surface area contributed by atoms with Crippen molar-refractivity contribution in [3.63, 3.8) is 0 Å². The van der Waals surface area contributed by atoms with E-state index in [2.05, 4.69) is 163 Å². The van der Waals surface area contributed by atoms with Crippen LogP contribution >= 0.6 is 15.8 Å². The van der Waals surface area contributed by atoms with E-state index in [1.54, 1.807) is 10.6 Å². The number of aryl methyl sites for hydroxylation is 2. The van der Waals surface area contributed by atoms with Crippen molar-refractivity contribution in [2.45, 2.75) is 78.5 Å². The van der Waals surface area contributed by atoms with E-state index >= 15 is 0 Å². The van der Waals surface area contributed by atoms with E-state index in [-0.39, 0.29) is 0 Å². The van der Waals surface area contributed by atoms with Gasteiger partial charge in [-0.15, -0.1) is 0 Å². The van der Waals surface area contributed by atoms with Crippen molar-refractivity contribution < 1.29 is 0 Å². The molecule has 0 aliphatic heterocycles. The average Bonchev–Trinajstić information content (AvgIpc) is 3.86. The summed E-state index contributed by atoms with van der Waals surface area (Å²) in [6.07, 6.45) is 18.0. The van der Waals surface area contributed by atoms with Crippen LogP contribution in [0.15, 0.2) is 72.8 Å². The minimum absolute atomic E-state index is 0.479. The van der Waals surface area contributed by atoms with E-state index in [9.17, 15) is 0 Å². The van der Waals surface area contributed by atoms with Crippen molar-refractivity contribution in [1.29, 1.82) is 0 Å². The maximum absolute atomic E-state index is 2.66. The first-order valence-corrected chi connectivity index (χ1v) is 22.0. The zero-order chi connectivity index (χ0) is 34.6. The van der Waals surface area contributed by atoms with Crippen molar-refractivity contribution in [2.75, 3.05) is 30.6 Å². The number of allylic oxidation sites excluding steroid dienone is 3. The van der Waals surface area contributed by atoms with Gasteiger partial charge in [0, 0.05) is 0 Å². The molecule has 0 bridgehead atoms. The summed E-state index contributed by atoms with van der Waals surface area (Å²) >= 11 is 0. The van der Waals surface area contributed by atoms with E-state index in [0.29, 0.717) is 11.3 Å². The summed E-state index contributed by atoms with van der Waals surface area (Å²) in [5.41, 5.74) is 17.8. The molecule has 4 aromatic rings. The van der Waals surface area contributed by atoms with Gasteiger partial charge in [0.15, 0.2) is 0 Å². The number of nitrogens with zero attached hydrogens (tertiary/aromatic N) is 2. The third-order valence-corrected chi connectivity index (χ3v) is 18.1. The van der Waals surface area contributed by atoms with Crippen molar-refractivity contribution in [3.05, 3.63) is 117 Å². The molecular weight excluding hydrogens is 630 g/mol. The van der Waals surface area contributed by atoms with Crippen LogP contribution in [0.1, 0.15) is 79.1 Å². The molecule has 1 atom stereocenters. The van der Waals surface area contributed by atoms with Crippen molar-refractivity contribution in [3.8, 4) is 0 Å². The van der Waals surface area contributed by atoms with Crippen LogP contribution in [0, 0.1) is 6.92 Å². The molecule has 0 saturated heterocycles. The zero-order valence-corrected chi connectivity index (χ0v) is 33.0. The van der Waals surface area contributed by atoms with Gasteiger partial charge in [0.1, 0.15) is 0 Å². The van der Waals surface area contributed by atoms with Crippen LogP contribution in [0.3, 0.4) is 0 Å². The molecule has 0 saturated carbocycles. The van der Waals surface area contributed by atoms with Gasteiger partial charge in [-0.1, -0.05) is 0 Å². The molecule has 0 N–H and O–H groups in total. The average molecular weight is 685 g/mol. The molecule has 0 amide bonds. The Labute approximate surface area is 298 Å². The summed E-state index contributed by atoms with van der Waals surface area (Å²) in [6.45, 7) is 16.9. The molecule has 7 rings (SSSR count). The predicted octanol–water partition coefficient (Wildman–Crippen LogP) is 10.3. The predicted molar refractivity (Wildman–Crippen MR) is 226 cm³/mol. The van der Waals surface area contributed by atoms with E-state index in [4.69, 9.17) is 0 Å². The Hall–Kier alpha value is -3.44. The molecule has 254 valence electrons. The van der Waals surface area contributed by atoms with E-state index < -0.39 is 7.26 Å². The normalized spacial score (nSPS) is 14.8. The molecule has 3 aliphatic rings. The molecule has 0 radical (unpaired) electrons. The summed E-state index contributed by atoms with van der Waals surface area (Å²) in [5.74, 6) is 0. The van der Waals surface area contributed by atoms with Crippen molar-refractivity contribution >= 4 is 72.7 Å². The third kappa shape index (κ3) is 6.04. The summed E-state index contributed by atoms with van der Waals surface area (Å²) in [6, 6.07) is 22.3. The Morgan fingerprint density at radius 1 is 0.653 bits per heavy atom. The van der Waals surface area contributed by atoms with E-state index in [1.807, 2.05) is 0 Å². The van der Waals surface area contributed by atoms with Crippen molar-refractivity contribution in [2.24, 2.45) is 0 Å². The molecule has 0 fully saturated rings. The van der Waals surface area contributed by atoms with Gasteiger partial charge in [0.05, 0.1) is 0 Å². The molecule has 49 heavy (non-hydrogen) atoms. The Bertz CT molecular complexity index is 2030.